The second kappa shape index (κ2) is 4.67. The van der Waals surface area contributed by atoms with E-state index in [0.29, 0.717) is 0 Å². The van der Waals surface area contributed by atoms with Crippen molar-refractivity contribution in [1.29, 1.82) is 0 Å². The van der Waals surface area contributed by atoms with Gasteiger partial charge in [0.25, 0.3) is 0 Å². The molecule has 0 atom stereocenters. The number of hydrogen-bond acceptors (Lipinski definition) is 3. The van der Waals surface area contributed by atoms with E-state index < -0.39 is 0 Å². The lowest BCUT2D eigenvalue weighted by Gasteiger charge is -2.05. The first-order chi connectivity index (χ1) is 8.43. The Balaban J connectivity index is 1.86. The van der Waals surface area contributed by atoms with Gasteiger partial charge in [-0.3, -0.25) is 0 Å². The fraction of sp³-hybridized carbons (Fsp3) is 0.385. The van der Waals surface area contributed by atoms with Crippen LogP contribution in [-0.4, -0.2) is 21.5 Å². The third kappa shape index (κ3) is 2.22. The van der Waals surface area contributed by atoms with Crippen molar-refractivity contribution in [3.05, 3.63) is 47.3 Å². The molecule has 0 amide bonds. The molecule has 0 aliphatic carbocycles. The third-order valence-corrected chi connectivity index (χ3v) is 3.15. The van der Waals surface area contributed by atoms with Crippen molar-refractivity contribution in [3.8, 4) is 0 Å². The second-order valence-electron chi connectivity index (χ2n) is 4.41. The minimum absolute atomic E-state index is 0.823. The minimum Gasteiger partial charge on any atom is -0.311 e. The molecule has 1 aromatic carbocycles. The van der Waals surface area contributed by atoms with Crippen molar-refractivity contribution in [1.82, 2.24) is 20.3 Å². The van der Waals surface area contributed by atoms with Crippen LogP contribution in [0.1, 0.15) is 23.4 Å². The molecule has 4 nitrogen and oxygen atoms in total. The smallest absolute Gasteiger partial charge is 0.0996 e. The molecule has 0 saturated heterocycles. The van der Waals surface area contributed by atoms with Gasteiger partial charge in [-0.25, -0.2) is 4.68 Å². The van der Waals surface area contributed by atoms with Crippen molar-refractivity contribution >= 4 is 0 Å². The minimum atomic E-state index is 0.823. The highest BCUT2D eigenvalue weighted by molar-refractivity contribution is 5.18. The van der Waals surface area contributed by atoms with E-state index in [4.69, 9.17) is 0 Å². The lowest BCUT2D eigenvalue weighted by molar-refractivity contribution is 0.597. The maximum absolute atomic E-state index is 4.26. The molecule has 1 aliphatic heterocycles. The van der Waals surface area contributed by atoms with E-state index in [2.05, 4.69) is 39.9 Å². The van der Waals surface area contributed by atoms with Gasteiger partial charge in [0, 0.05) is 6.54 Å². The Kier molecular flexibility index (Phi) is 2.88. The standard InChI is InChI=1S/C13H16N4/c1-2-5-11(6-3-1)10-17-13-7-4-8-14-9-12(13)15-16-17/h1-3,5-6,14H,4,7-10H2. The lowest BCUT2D eigenvalue weighted by atomic mass is 10.2. The zero-order chi connectivity index (χ0) is 11.5. The quantitative estimate of drug-likeness (QED) is 0.844. The normalized spacial score (nSPS) is 15.3. The predicted molar refractivity (Wildman–Crippen MR) is 65.6 cm³/mol. The summed E-state index contributed by atoms with van der Waals surface area (Å²) in [4.78, 5) is 0. The average Bonchev–Trinajstić information content (AvgIpc) is 2.61. The third-order valence-electron chi connectivity index (χ3n) is 3.15. The number of benzene rings is 1. The molecule has 0 saturated carbocycles. The van der Waals surface area contributed by atoms with Crippen LogP contribution in [-0.2, 0) is 19.5 Å². The van der Waals surface area contributed by atoms with Crippen LogP contribution in [0, 0.1) is 0 Å². The Morgan fingerprint density at radius 3 is 3.00 bits per heavy atom. The molecule has 0 bridgehead atoms. The van der Waals surface area contributed by atoms with Crippen LogP contribution in [0.5, 0.6) is 0 Å². The number of fused-ring (bicyclic) bond motifs is 1. The Bertz CT molecular complexity index is 489. The summed E-state index contributed by atoms with van der Waals surface area (Å²) in [6, 6.07) is 10.4. The molecular formula is C13H16N4. The van der Waals surface area contributed by atoms with Crippen LogP contribution in [0.2, 0.25) is 0 Å². The Morgan fingerprint density at radius 2 is 2.12 bits per heavy atom. The highest BCUT2D eigenvalue weighted by Crippen LogP contribution is 2.13. The van der Waals surface area contributed by atoms with Gasteiger partial charge in [0.15, 0.2) is 0 Å². The summed E-state index contributed by atoms with van der Waals surface area (Å²) in [6.07, 6.45) is 2.23. The molecular weight excluding hydrogens is 212 g/mol. The van der Waals surface area contributed by atoms with E-state index in [1.165, 1.54) is 11.3 Å². The Morgan fingerprint density at radius 1 is 1.24 bits per heavy atom. The zero-order valence-corrected chi connectivity index (χ0v) is 9.76. The second-order valence-corrected chi connectivity index (χ2v) is 4.41. The number of aromatic nitrogens is 3. The molecule has 0 spiro atoms. The van der Waals surface area contributed by atoms with Gasteiger partial charge in [0.05, 0.1) is 17.9 Å². The summed E-state index contributed by atoms with van der Waals surface area (Å²) in [7, 11) is 0. The highest BCUT2D eigenvalue weighted by Gasteiger charge is 2.14. The largest absolute Gasteiger partial charge is 0.311 e. The van der Waals surface area contributed by atoms with Gasteiger partial charge in [-0.1, -0.05) is 35.5 Å². The molecule has 88 valence electrons. The molecule has 2 heterocycles. The molecule has 4 heteroatoms. The SMILES string of the molecule is c1ccc(Cn2nnc3c2CCCNC3)cc1. The first kappa shape index (κ1) is 10.5. The van der Waals surface area contributed by atoms with Gasteiger partial charge < -0.3 is 5.32 Å². The predicted octanol–water partition coefficient (Wildman–Crippen LogP) is 1.36. The summed E-state index contributed by atoms with van der Waals surface area (Å²) in [6.45, 7) is 2.75. The monoisotopic (exact) mass is 228 g/mol. The van der Waals surface area contributed by atoms with Crippen molar-refractivity contribution in [3.63, 3.8) is 0 Å². The van der Waals surface area contributed by atoms with Gasteiger partial charge in [-0.15, -0.1) is 5.10 Å². The Hall–Kier alpha value is -1.68. The van der Waals surface area contributed by atoms with Crippen LogP contribution in [0.4, 0.5) is 0 Å². The van der Waals surface area contributed by atoms with Crippen LogP contribution >= 0.6 is 0 Å². The highest BCUT2D eigenvalue weighted by atomic mass is 15.4. The molecule has 2 aromatic rings. The fourth-order valence-electron chi connectivity index (χ4n) is 2.25. The van der Waals surface area contributed by atoms with E-state index in [-0.39, 0.29) is 0 Å². The number of rotatable bonds is 2. The number of nitrogens with one attached hydrogen (secondary N) is 1. The van der Waals surface area contributed by atoms with Crippen molar-refractivity contribution in [2.24, 2.45) is 0 Å². The Labute approximate surface area is 101 Å². The maximum Gasteiger partial charge on any atom is 0.0996 e. The van der Waals surface area contributed by atoms with Gasteiger partial charge in [-0.05, 0) is 24.9 Å². The van der Waals surface area contributed by atoms with E-state index in [9.17, 15) is 0 Å². The summed E-state index contributed by atoms with van der Waals surface area (Å²) < 4.78 is 2.04. The van der Waals surface area contributed by atoms with E-state index in [1.54, 1.807) is 0 Å². The van der Waals surface area contributed by atoms with Crippen LogP contribution in [0.15, 0.2) is 30.3 Å². The fourth-order valence-corrected chi connectivity index (χ4v) is 2.25. The van der Waals surface area contributed by atoms with Crippen molar-refractivity contribution in [2.45, 2.75) is 25.9 Å². The van der Waals surface area contributed by atoms with Crippen molar-refractivity contribution in [2.75, 3.05) is 6.54 Å². The molecule has 0 radical (unpaired) electrons. The molecule has 1 N–H and O–H groups in total. The first-order valence-corrected chi connectivity index (χ1v) is 6.09. The van der Waals surface area contributed by atoms with Crippen LogP contribution in [0.25, 0.3) is 0 Å². The summed E-state index contributed by atoms with van der Waals surface area (Å²) in [5, 5.41) is 11.9. The van der Waals surface area contributed by atoms with Gasteiger partial charge in [-0.2, -0.15) is 0 Å². The lowest BCUT2D eigenvalue weighted by Crippen LogP contribution is -2.12. The summed E-state index contributed by atoms with van der Waals surface area (Å²) in [5.74, 6) is 0. The molecule has 17 heavy (non-hydrogen) atoms. The van der Waals surface area contributed by atoms with Crippen LogP contribution in [0.3, 0.4) is 0 Å². The average molecular weight is 228 g/mol. The molecule has 1 aliphatic rings. The molecule has 0 fully saturated rings. The first-order valence-electron chi connectivity index (χ1n) is 6.09. The maximum atomic E-state index is 4.26. The van der Waals surface area contributed by atoms with Gasteiger partial charge in [0.1, 0.15) is 0 Å². The van der Waals surface area contributed by atoms with Crippen LogP contribution < -0.4 is 5.32 Å². The summed E-state index contributed by atoms with van der Waals surface area (Å²) >= 11 is 0. The zero-order valence-electron chi connectivity index (χ0n) is 9.76. The number of hydrogen-bond donors (Lipinski definition) is 1. The topological polar surface area (TPSA) is 42.7 Å². The summed E-state index contributed by atoms with van der Waals surface area (Å²) in [5.41, 5.74) is 3.68. The molecule has 0 unspecified atom stereocenters. The van der Waals surface area contributed by atoms with Gasteiger partial charge in [0.2, 0.25) is 0 Å². The van der Waals surface area contributed by atoms with Crippen molar-refractivity contribution < 1.29 is 0 Å². The van der Waals surface area contributed by atoms with Gasteiger partial charge >= 0.3 is 0 Å². The van der Waals surface area contributed by atoms with E-state index in [0.717, 1.165) is 38.2 Å². The molecule has 3 rings (SSSR count). The van der Waals surface area contributed by atoms with E-state index >= 15 is 0 Å². The van der Waals surface area contributed by atoms with E-state index in [1.807, 2.05) is 10.7 Å². The molecule has 1 aromatic heterocycles. The number of nitrogens with zero attached hydrogens (tertiary/aromatic N) is 3.